The van der Waals surface area contributed by atoms with Crippen LogP contribution in [0, 0.1) is 5.82 Å². The van der Waals surface area contributed by atoms with Crippen LogP contribution in [-0.4, -0.2) is 47.8 Å². The highest BCUT2D eigenvalue weighted by Gasteiger charge is 2.09. The Morgan fingerprint density at radius 2 is 1.87 bits per heavy atom. The van der Waals surface area contributed by atoms with Crippen LogP contribution in [0.1, 0.15) is 6.42 Å². The number of fused-ring (bicyclic) bond motifs is 1. The summed E-state index contributed by atoms with van der Waals surface area (Å²) in [6.45, 7) is 0.824. The van der Waals surface area contributed by atoms with E-state index in [4.69, 9.17) is 0 Å². The average Bonchev–Trinajstić information content (AvgIpc) is 3.11. The number of rotatable bonds is 8. The number of aromatic nitrogens is 1. The molecule has 0 aliphatic carbocycles. The predicted octanol–water partition coefficient (Wildman–Crippen LogP) is 4.17. The zero-order chi connectivity index (χ0) is 21.5. The number of halogens is 1. The number of urea groups is 1. The number of likely N-dealkylation sites (N-methyl/N-ethyl adjacent to an activating group) is 1. The number of nitrogens with zero attached hydrogens (tertiary/aromatic N) is 2. The molecule has 0 bridgehead atoms. The molecule has 3 aromatic rings. The summed E-state index contributed by atoms with van der Waals surface area (Å²) in [5.74, 6) is 0.609. The van der Waals surface area contributed by atoms with Gasteiger partial charge in [-0.3, -0.25) is 4.79 Å². The molecule has 2 N–H and O–H groups in total. The molecule has 0 radical (unpaired) electrons. The van der Waals surface area contributed by atoms with E-state index in [1.807, 2.05) is 35.0 Å². The first-order chi connectivity index (χ1) is 14.4. The molecule has 30 heavy (non-hydrogen) atoms. The molecule has 1 heterocycles. The molecular weight excluding hydrogens is 403 g/mol. The molecule has 0 unspecified atom stereocenters. The second kappa shape index (κ2) is 10.2. The highest BCUT2D eigenvalue weighted by molar-refractivity contribution is 7.99. The normalized spacial score (nSPS) is 10.8. The van der Waals surface area contributed by atoms with Crippen LogP contribution in [0.2, 0.25) is 0 Å². The van der Waals surface area contributed by atoms with E-state index < -0.39 is 0 Å². The van der Waals surface area contributed by atoms with Gasteiger partial charge in [0.1, 0.15) is 12.4 Å². The first-order valence-electron chi connectivity index (χ1n) is 9.64. The number of carbonyl (C=O) groups excluding carboxylic acids is 2. The predicted molar refractivity (Wildman–Crippen MR) is 119 cm³/mol. The zero-order valence-electron chi connectivity index (χ0n) is 17.0. The number of benzene rings is 2. The lowest BCUT2D eigenvalue weighted by Crippen LogP contribution is -2.29. The molecule has 0 fully saturated rings. The quantitative estimate of drug-likeness (QED) is 0.418. The van der Waals surface area contributed by atoms with Gasteiger partial charge in [0.2, 0.25) is 5.91 Å². The second-order valence-electron chi connectivity index (χ2n) is 7.04. The van der Waals surface area contributed by atoms with E-state index in [0.29, 0.717) is 12.2 Å². The maximum absolute atomic E-state index is 12.9. The van der Waals surface area contributed by atoms with E-state index in [1.54, 1.807) is 42.9 Å². The Kier molecular flexibility index (Phi) is 7.35. The molecule has 1 aromatic heterocycles. The summed E-state index contributed by atoms with van der Waals surface area (Å²) in [5, 5.41) is 6.63. The van der Waals surface area contributed by atoms with Crippen LogP contribution in [0.15, 0.2) is 59.6 Å². The van der Waals surface area contributed by atoms with Gasteiger partial charge in [0.15, 0.2) is 0 Å². The fourth-order valence-corrected chi connectivity index (χ4v) is 3.73. The molecule has 0 aliphatic heterocycles. The highest BCUT2D eigenvalue weighted by atomic mass is 32.2. The van der Waals surface area contributed by atoms with Crippen LogP contribution < -0.4 is 10.6 Å². The second-order valence-corrected chi connectivity index (χ2v) is 8.21. The van der Waals surface area contributed by atoms with Gasteiger partial charge >= 0.3 is 6.03 Å². The third-order valence-corrected chi connectivity index (χ3v) is 5.62. The topological polar surface area (TPSA) is 66.4 Å². The van der Waals surface area contributed by atoms with Crippen LogP contribution >= 0.6 is 11.8 Å². The molecule has 0 saturated heterocycles. The molecule has 3 amide bonds. The Hall–Kier alpha value is -3.00. The molecule has 0 atom stereocenters. The lowest BCUT2D eigenvalue weighted by molar-refractivity contribution is -0.129. The molecule has 0 spiro atoms. The fourth-order valence-electron chi connectivity index (χ4n) is 2.87. The molecule has 3 rings (SSSR count). The van der Waals surface area contributed by atoms with E-state index >= 15 is 0 Å². The lowest BCUT2D eigenvalue weighted by atomic mass is 10.2. The largest absolute Gasteiger partial charge is 0.347 e. The van der Waals surface area contributed by atoms with Crippen molar-refractivity contribution in [3.63, 3.8) is 0 Å². The molecule has 8 heteroatoms. The summed E-state index contributed by atoms with van der Waals surface area (Å²) < 4.78 is 14.8. The first kappa shape index (κ1) is 21.7. The van der Waals surface area contributed by atoms with Gasteiger partial charge in [-0.25, -0.2) is 9.18 Å². The minimum atomic E-state index is -0.261. The number of amides is 3. The molecular formula is C22H25FN4O2S. The van der Waals surface area contributed by atoms with Crippen molar-refractivity contribution < 1.29 is 14.0 Å². The Morgan fingerprint density at radius 1 is 1.10 bits per heavy atom. The van der Waals surface area contributed by atoms with Gasteiger partial charge in [0, 0.05) is 48.3 Å². The van der Waals surface area contributed by atoms with Crippen molar-refractivity contribution in [3.8, 4) is 0 Å². The van der Waals surface area contributed by atoms with Crippen molar-refractivity contribution in [1.82, 2.24) is 14.8 Å². The van der Waals surface area contributed by atoms with Crippen LogP contribution in [0.25, 0.3) is 10.9 Å². The number of hydrogen-bond acceptors (Lipinski definition) is 3. The smallest absolute Gasteiger partial charge is 0.319 e. The Bertz CT molecular complexity index is 1020. The van der Waals surface area contributed by atoms with Gasteiger partial charge in [0.05, 0.1) is 0 Å². The number of anilines is 1. The number of thioether (sulfide) groups is 1. The van der Waals surface area contributed by atoms with Crippen LogP contribution in [0.5, 0.6) is 0 Å². The third kappa shape index (κ3) is 6.00. The summed E-state index contributed by atoms with van der Waals surface area (Å²) in [4.78, 5) is 26.6. The van der Waals surface area contributed by atoms with Crippen LogP contribution in [0.3, 0.4) is 0 Å². The number of nitrogens with one attached hydrogen (secondary N) is 2. The van der Waals surface area contributed by atoms with E-state index in [-0.39, 0.29) is 24.3 Å². The maximum Gasteiger partial charge on any atom is 0.319 e. The van der Waals surface area contributed by atoms with E-state index in [9.17, 15) is 14.0 Å². The summed E-state index contributed by atoms with van der Waals surface area (Å²) in [6.07, 6.45) is 2.67. The summed E-state index contributed by atoms with van der Waals surface area (Å²) in [5.41, 5.74) is 1.63. The summed E-state index contributed by atoms with van der Waals surface area (Å²) in [6, 6.07) is 13.7. The summed E-state index contributed by atoms with van der Waals surface area (Å²) >= 11 is 1.63. The van der Waals surface area contributed by atoms with Crippen molar-refractivity contribution in [2.75, 3.05) is 31.7 Å². The molecule has 0 saturated carbocycles. The van der Waals surface area contributed by atoms with E-state index in [0.717, 1.165) is 28.0 Å². The number of carbonyl (C=O) groups is 2. The van der Waals surface area contributed by atoms with Crippen molar-refractivity contribution in [2.45, 2.75) is 17.9 Å². The van der Waals surface area contributed by atoms with Gasteiger partial charge in [0.25, 0.3) is 0 Å². The Morgan fingerprint density at radius 3 is 2.60 bits per heavy atom. The monoisotopic (exact) mass is 428 g/mol. The van der Waals surface area contributed by atoms with Crippen LogP contribution in [0.4, 0.5) is 14.9 Å². The Balaban J connectivity index is 1.44. The molecule has 0 aliphatic rings. The minimum Gasteiger partial charge on any atom is -0.347 e. The first-order valence-corrected chi connectivity index (χ1v) is 10.6. The molecule has 2 aromatic carbocycles. The van der Waals surface area contributed by atoms with Gasteiger partial charge in [-0.2, -0.15) is 0 Å². The Labute approximate surface area is 179 Å². The summed E-state index contributed by atoms with van der Waals surface area (Å²) in [7, 11) is 3.46. The van der Waals surface area contributed by atoms with Gasteiger partial charge < -0.3 is 20.1 Å². The molecule has 158 valence electrons. The SMILES string of the molecule is CN(C)C(=O)Cn1ccc2cc(NC(=O)NCCCSc3ccc(F)cc3)ccc21. The van der Waals surface area contributed by atoms with E-state index in [2.05, 4.69) is 10.6 Å². The zero-order valence-corrected chi connectivity index (χ0v) is 17.8. The van der Waals surface area contributed by atoms with Gasteiger partial charge in [-0.1, -0.05) is 0 Å². The standard InChI is InChI=1S/C22H25FN4O2S/c1-26(2)21(28)15-27-12-10-16-14-18(6-9-20(16)27)25-22(29)24-11-3-13-30-19-7-4-17(23)5-8-19/h4-10,12,14H,3,11,13,15H2,1-2H3,(H2,24,25,29). The number of hydrogen-bond donors (Lipinski definition) is 2. The third-order valence-electron chi connectivity index (χ3n) is 4.52. The van der Waals surface area contributed by atoms with Crippen LogP contribution in [-0.2, 0) is 11.3 Å². The van der Waals surface area contributed by atoms with Crippen molar-refractivity contribution in [1.29, 1.82) is 0 Å². The highest BCUT2D eigenvalue weighted by Crippen LogP contribution is 2.21. The van der Waals surface area contributed by atoms with Crippen molar-refractivity contribution in [2.24, 2.45) is 0 Å². The van der Waals surface area contributed by atoms with Crippen molar-refractivity contribution >= 4 is 40.3 Å². The minimum absolute atomic E-state index is 0.0201. The van der Waals surface area contributed by atoms with Gasteiger partial charge in [-0.15, -0.1) is 11.8 Å². The maximum atomic E-state index is 12.9. The fraction of sp³-hybridized carbons (Fsp3) is 0.273. The lowest BCUT2D eigenvalue weighted by Gasteiger charge is -2.12. The van der Waals surface area contributed by atoms with E-state index in [1.165, 1.54) is 12.1 Å². The molecule has 6 nitrogen and oxygen atoms in total. The average molecular weight is 429 g/mol. The van der Waals surface area contributed by atoms with Gasteiger partial charge in [-0.05, 0) is 60.7 Å². The van der Waals surface area contributed by atoms with Crippen molar-refractivity contribution in [3.05, 3.63) is 60.5 Å².